The minimum atomic E-state index is 0. The van der Waals surface area contributed by atoms with Gasteiger partial charge in [-0.2, -0.15) is 0 Å². The van der Waals surface area contributed by atoms with Crippen molar-refractivity contribution in [2.24, 2.45) is 22.2 Å². The molecule has 3 aliphatic carbocycles. The maximum atomic E-state index is 2.64. The highest BCUT2D eigenvalue weighted by molar-refractivity contribution is 5.00. The van der Waals surface area contributed by atoms with Crippen LogP contribution in [-0.4, -0.2) is 23.5 Å². The highest BCUT2D eigenvalue weighted by Gasteiger charge is 2.46. The first kappa shape index (κ1) is 23.2. The Bertz CT molecular complexity index is 436. The van der Waals surface area contributed by atoms with Gasteiger partial charge in [-0.1, -0.05) is 53.9 Å². The zero-order valence-corrected chi connectivity index (χ0v) is 18.9. The van der Waals surface area contributed by atoms with Crippen molar-refractivity contribution in [3.63, 3.8) is 0 Å². The molecule has 0 amide bonds. The average molecular weight is 378 g/mol. The molecular weight excluding hydrogens is 326 g/mol. The summed E-state index contributed by atoms with van der Waals surface area (Å²) < 4.78 is 0. The Labute approximate surface area is 172 Å². The highest BCUT2D eigenvalue weighted by atomic mass is 15.3. The molecule has 4 aliphatic rings. The standard InChI is InChI=1S/C13H24.C12H23N.CH4/c1-12(2,3)11-5-9-13(10-6-11)7-4-8-13;1-11(2,3)13-9-12(10-13)7-5-4-6-8-12;/h11H,4-10H2,1-3H3;4-10H2,1-3H3;1H4. The number of hydrogen-bond donors (Lipinski definition) is 0. The third-order valence-electron chi connectivity index (χ3n) is 8.60. The molecule has 160 valence electrons. The second-order valence-corrected chi connectivity index (χ2v) is 12.6. The van der Waals surface area contributed by atoms with Crippen LogP contribution in [0, 0.1) is 22.2 Å². The Hall–Kier alpha value is -0.0400. The van der Waals surface area contributed by atoms with Crippen LogP contribution in [0.3, 0.4) is 0 Å². The molecule has 4 rings (SSSR count). The maximum absolute atomic E-state index is 2.64. The fourth-order valence-electron chi connectivity index (χ4n) is 6.13. The van der Waals surface area contributed by atoms with Gasteiger partial charge in [-0.05, 0) is 94.3 Å². The highest BCUT2D eigenvalue weighted by Crippen LogP contribution is 2.55. The Morgan fingerprint density at radius 2 is 1.11 bits per heavy atom. The zero-order valence-electron chi connectivity index (χ0n) is 18.9. The molecule has 0 atom stereocenters. The first-order chi connectivity index (χ1) is 12.0. The summed E-state index contributed by atoms with van der Waals surface area (Å²) in [5.41, 5.74) is 2.57. The summed E-state index contributed by atoms with van der Waals surface area (Å²) >= 11 is 0. The lowest BCUT2D eigenvalue weighted by Gasteiger charge is -2.57. The van der Waals surface area contributed by atoms with Gasteiger partial charge in [0.05, 0.1) is 0 Å². The van der Waals surface area contributed by atoms with Crippen LogP contribution in [0.4, 0.5) is 0 Å². The lowest BCUT2D eigenvalue weighted by atomic mass is 9.56. The van der Waals surface area contributed by atoms with Crippen molar-refractivity contribution in [2.75, 3.05) is 13.1 Å². The molecule has 0 unspecified atom stereocenters. The summed E-state index contributed by atoms with van der Waals surface area (Å²) in [5.74, 6) is 0.999. The van der Waals surface area contributed by atoms with Crippen LogP contribution in [0.5, 0.6) is 0 Å². The molecule has 1 heterocycles. The molecule has 0 N–H and O–H groups in total. The smallest absolute Gasteiger partial charge is 0.0125 e. The van der Waals surface area contributed by atoms with Crippen LogP contribution in [-0.2, 0) is 0 Å². The fourth-order valence-corrected chi connectivity index (χ4v) is 6.13. The van der Waals surface area contributed by atoms with Crippen molar-refractivity contribution in [3.8, 4) is 0 Å². The van der Waals surface area contributed by atoms with Crippen LogP contribution < -0.4 is 0 Å². The van der Waals surface area contributed by atoms with E-state index in [2.05, 4.69) is 46.4 Å². The van der Waals surface area contributed by atoms with Gasteiger partial charge in [0, 0.05) is 18.6 Å². The molecule has 4 fully saturated rings. The van der Waals surface area contributed by atoms with Crippen LogP contribution in [0.15, 0.2) is 0 Å². The van der Waals surface area contributed by atoms with Gasteiger partial charge in [-0.15, -0.1) is 0 Å². The molecule has 0 aromatic rings. The Kier molecular flexibility index (Phi) is 7.20. The number of hydrogen-bond acceptors (Lipinski definition) is 1. The lowest BCUT2D eigenvalue weighted by molar-refractivity contribution is -0.0784. The van der Waals surface area contributed by atoms with E-state index < -0.39 is 0 Å². The topological polar surface area (TPSA) is 3.24 Å². The Morgan fingerprint density at radius 3 is 1.48 bits per heavy atom. The molecule has 0 radical (unpaired) electrons. The predicted molar refractivity (Wildman–Crippen MR) is 121 cm³/mol. The summed E-state index contributed by atoms with van der Waals surface area (Å²) in [6, 6.07) is 0. The third-order valence-corrected chi connectivity index (χ3v) is 8.60. The summed E-state index contributed by atoms with van der Waals surface area (Å²) in [6.45, 7) is 17.0. The van der Waals surface area contributed by atoms with Gasteiger partial charge in [0.1, 0.15) is 0 Å². The zero-order chi connectivity index (χ0) is 19.1. The molecular formula is C26H51N. The molecule has 0 aromatic heterocycles. The molecule has 27 heavy (non-hydrogen) atoms. The summed E-state index contributed by atoms with van der Waals surface area (Å²) in [4.78, 5) is 2.64. The predicted octanol–water partition coefficient (Wildman–Crippen LogP) is 8.08. The SMILES string of the molecule is C.CC(C)(C)C1CCC2(CCC2)CC1.CC(C)(C)N1CC2(CCCCC2)C1. The van der Waals surface area contributed by atoms with E-state index in [1.807, 2.05) is 0 Å². The Balaban J connectivity index is 0.000000187. The minimum absolute atomic E-state index is 0. The Morgan fingerprint density at radius 1 is 0.630 bits per heavy atom. The monoisotopic (exact) mass is 377 g/mol. The van der Waals surface area contributed by atoms with Gasteiger partial charge in [0.15, 0.2) is 0 Å². The maximum Gasteiger partial charge on any atom is 0.0125 e. The second kappa shape index (κ2) is 8.37. The fraction of sp³-hybridized carbons (Fsp3) is 1.00. The summed E-state index contributed by atoms with van der Waals surface area (Å²) in [7, 11) is 0. The normalized spacial score (nSPS) is 27.8. The molecule has 1 aliphatic heterocycles. The molecule has 2 spiro atoms. The number of rotatable bonds is 0. The first-order valence-electron chi connectivity index (χ1n) is 11.8. The average Bonchev–Trinajstić information content (AvgIpc) is 2.51. The molecule has 1 saturated heterocycles. The van der Waals surface area contributed by atoms with E-state index in [0.717, 1.165) is 16.7 Å². The quantitative estimate of drug-likeness (QED) is 0.412. The van der Waals surface area contributed by atoms with E-state index in [4.69, 9.17) is 0 Å². The molecule has 1 heteroatoms. The number of nitrogens with zero attached hydrogens (tertiary/aromatic N) is 1. The molecule has 0 aromatic carbocycles. The largest absolute Gasteiger partial charge is 0.297 e. The van der Waals surface area contributed by atoms with Crippen LogP contribution in [0.1, 0.15) is 126 Å². The van der Waals surface area contributed by atoms with Crippen molar-refractivity contribution in [1.82, 2.24) is 4.90 Å². The van der Waals surface area contributed by atoms with Crippen molar-refractivity contribution in [2.45, 2.75) is 132 Å². The van der Waals surface area contributed by atoms with Crippen molar-refractivity contribution < 1.29 is 0 Å². The summed E-state index contributed by atoms with van der Waals surface area (Å²) in [5, 5.41) is 0. The van der Waals surface area contributed by atoms with Gasteiger partial charge < -0.3 is 0 Å². The number of likely N-dealkylation sites (tertiary alicyclic amines) is 1. The minimum Gasteiger partial charge on any atom is -0.297 e. The van der Waals surface area contributed by atoms with Crippen molar-refractivity contribution in [3.05, 3.63) is 0 Å². The van der Waals surface area contributed by atoms with E-state index in [0.29, 0.717) is 11.0 Å². The van der Waals surface area contributed by atoms with Gasteiger partial charge in [-0.25, -0.2) is 0 Å². The third kappa shape index (κ3) is 5.52. The molecule has 1 nitrogen and oxygen atoms in total. The summed E-state index contributed by atoms with van der Waals surface area (Å²) in [6.07, 6.45) is 18.1. The van der Waals surface area contributed by atoms with Gasteiger partial charge in [0.2, 0.25) is 0 Å². The molecule has 0 bridgehead atoms. The lowest BCUT2D eigenvalue weighted by Crippen LogP contribution is -2.63. The van der Waals surface area contributed by atoms with E-state index >= 15 is 0 Å². The van der Waals surface area contributed by atoms with Gasteiger partial charge in [0.25, 0.3) is 0 Å². The van der Waals surface area contributed by atoms with Crippen LogP contribution in [0.2, 0.25) is 0 Å². The van der Waals surface area contributed by atoms with E-state index in [9.17, 15) is 0 Å². The van der Waals surface area contributed by atoms with E-state index in [1.165, 1.54) is 77.3 Å². The van der Waals surface area contributed by atoms with Crippen molar-refractivity contribution >= 4 is 0 Å². The molecule has 3 saturated carbocycles. The van der Waals surface area contributed by atoms with Crippen LogP contribution in [0.25, 0.3) is 0 Å². The van der Waals surface area contributed by atoms with Crippen LogP contribution >= 0.6 is 0 Å². The first-order valence-corrected chi connectivity index (χ1v) is 11.8. The van der Waals surface area contributed by atoms with E-state index in [-0.39, 0.29) is 7.43 Å². The van der Waals surface area contributed by atoms with E-state index in [1.54, 1.807) is 12.8 Å². The second-order valence-electron chi connectivity index (χ2n) is 12.6. The van der Waals surface area contributed by atoms with Gasteiger partial charge >= 0.3 is 0 Å². The van der Waals surface area contributed by atoms with Crippen molar-refractivity contribution in [1.29, 1.82) is 0 Å². The van der Waals surface area contributed by atoms with Gasteiger partial charge in [-0.3, -0.25) is 4.90 Å².